The summed E-state index contributed by atoms with van der Waals surface area (Å²) in [6.07, 6.45) is 2.50. The van der Waals surface area contributed by atoms with Gasteiger partial charge in [-0.1, -0.05) is 17.7 Å². The Hall–Kier alpha value is -3.05. The van der Waals surface area contributed by atoms with E-state index in [9.17, 15) is 5.26 Å². The van der Waals surface area contributed by atoms with Crippen LogP contribution in [0.5, 0.6) is 11.5 Å². The van der Waals surface area contributed by atoms with Gasteiger partial charge in [-0.15, -0.1) is 0 Å². The van der Waals surface area contributed by atoms with E-state index in [1.165, 1.54) is 0 Å². The summed E-state index contributed by atoms with van der Waals surface area (Å²) in [4.78, 5) is 9.32. The molecule has 2 heterocycles. The molecule has 0 saturated carbocycles. The summed E-state index contributed by atoms with van der Waals surface area (Å²) in [6.45, 7) is 8.01. The van der Waals surface area contributed by atoms with Crippen molar-refractivity contribution in [2.45, 2.75) is 13.3 Å². The largest absolute Gasteiger partial charge is 0.493 e. The van der Waals surface area contributed by atoms with Crippen molar-refractivity contribution in [1.29, 1.82) is 5.26 Å². The molecular formula is C26H30ClN5O2. The van der Waals surface area contributed by atoms with E-state index in [1.807, 2.05) is 37.3 Å². The van der Waals surface area contributed by atoms with E-state index in [1.54, 1.807) is 13.3 Å². The van der Waals surface area contributed by atoms with Crippen LogP contribution in [0.4, 0.5) is 11.4 Å². The van der Waals surface area contributed by atoms with Crippen LogP contribution in [0.1, 0.15) is 17.5 Å². The summed E-state index contributed by atoms with van der Waals surface area (Å²) in [5.74, 6) is 1.24. The lowest BCUT2D eigenvalue weighted by molar-refractivity contribution is 0.145. The Morgan fingerprint density at radius 2 is 1.94 bits per heavy atom. The van der Waals surface area contributed by atoms with Crippen LogP contribution in [0.3, 0.4) is 0 Å². The van der Waals surface area contributed by atoms with Gasteiger partial charge in [-0.25, -0.2) is 0 Å². The van der Waals surface area contributed by atoms with Crippen molar-refractivity contribution in [3.05, 3.63) is 52.7 Å². The molecule has 178 valence electrons. The van der Waals surface area contributed by atoms with Crippen LogP contribution in [-0.2, 0) is 0 Å². The lowest BCUT2D eigenvalue weighted by atomic mass is 10.1. The first-order valence-electron chi connectivity index (χ1n) is 11.5. The quantitative estimate of drug-likeness (QED) is 0.463. The number of halogens is 1. The molecular weight excluding hydrogens is 450 g/mol. The molecule has 0 spiro atoms. The molecule has 0 aliphatic carbocycles. The van der Waals surface area contributed by atoms with E-state index in [0.717, 1.165) is 55.8 Å². The number of nitriles is 1. The van der Waals surface area contributed by atoms with Crippen LogP contribution in [0, 0.1) is 18.3 Å². The smallest absolute Gasteiger partial charge is 0.163 e. The molecule has 0 unspecified atom stereocenters. The van der Waals surface area contributed by atoms with Gasteiger partial charge in [-0.05, 0) is 44.2 Å². The second-order valence-corrected chi connectivity index (χ2v) is 9.04. The Kier molecular flexibility index (Phi) is 7.73. The van der Waals surface area contributed by atoms with Crippen LogP contribution in [0.2, 0.25) is 5.02 Å². The van der Waals surface area contributed by atoms with Crippen molar-refractivity contribution < 1.29 is 9.47 Å². The molecule has 7 nitrogen and oxygen atoms in total. The Morgan fingerprint density at radius 3 is 2.65 bits per heavy atom. The number of methoxy groups -OCH3 is 1. The highest BCUT2D eigenvalue weighted by molar-refractivity contribution is 6.33. The van der Waals surface area contributed by atoms with Gasteiger partial charge in [0, 0.05) is 50.4 Å². The minimum atomic E-state index is 0.423. The molecule has 2 aromatic carbocycles. The molecule has 0 amide bonds. The molecule has 3 aromatic rings. The molecule has 1 fully saturated rings. The van der Waals surface area contributed by atoms with E-state index in [-0.39, 0.29) is 0 Å². The molecule has 1 aromatic heterocycles. The molecule has 1 N–H and O–H groups in total. The molecule has 1 aliphatic rings. The highest BCUT2D eigenvalue weighted by Crippen LogP contribution is 2.38. The average molecular weight is 480 g/mol. The second-order valence-electron chi connectivity index (χ2n) is 8.63. The normalized spacial score (nSPS) is 14.7. The van der Waals surface area contributed by atoms with E-state index < -0.39 is 0 Å². The zero-order valence-electron chi connectivity index (χ0n) is 19.9. The maximum atomic E-state index is 9.69. The average Bonchev–Trinajstić information content (AvgIpc) is 2.84. The SMILES string of the molecule is COc1cc2c(Nc3ccc(C)cc3Cl)c(C#N)cnc2cc1OCCCN1CCN(C)CC1. The van der Waals surface area contributed by atoms with Crippen molar-refractivity contribution in [1.82, 2.24) is 14.8 Å². The second kappa shape index (κ2) is 10.9. The Bertz CT molecular complexity index is 1200. The van der Waals surface area contributed by atoms with Crippen molar-refractivity contribution >= 4 is 33.9 Å². The number of piperazine rings is 1. The number of pyridine rings is 1. The van der Waals surface area contributed by atoms with Gasteiger partial charge in [0.1, 0.15) is 6.07 Å². The fourth-order valence-electron chi connectivity index (χ4n) is 4.09. The summed E-state index contributed by atoms with van der Waals surface area (Å²) >= 11 is 6.43. The highest BCUT2D eigenvalue weighted by atomic mass is 35.5. The standard InChI is InChI=1S/C26H30ClN5O2/c1-18-5-6-22(21(27)13-18)30-26-19(16-28)17-29-23-15-25(24(33-3)14-20(23)26)34-12-4-7-32-10-8-31(2)9-11-32/h5-6,13-15,17H,4,7-12H2,1-3H3,(H,29,30). The molecule has 1 aliphatic heterocycles. The van der Waals surface area contributed by atoms with Crippen molar-refractivity contribution in [3.8, 4) is 17.6 Å². The fraction of sp³-hybridized carbons (Fsp3) is 0.385. The van der Waals surface area contributed by atoms with Gasteiger partial charge in [0.2, 0.25) is 0 Å². The number of nitrogens with zero attached hydrogens (tertiary/aromatic N) is 4. The zero-order valence-corrected chi connectivity index (χ0v) is 20.7. The first kappa shape index (κ1) is 24.1. The van der Waals surface area contributed by atoms with Crippen molar-refractivity contribution in [3.63, 3.8) is 0 Å². The molecule has 0 radical (unpaired) electrons. The summed E-state index contributed by atoms with van der Waals surface area (Å²) in [5.41, 5.74) is 3.55. The summed E-state index contributed by atoms with van der Waals surface area (Å²) < 4.78 is 11.7. The third-order valence-corrected chi connectivity index (χ3v) is 6.44. The molecule has 34 heavy (non-hydrogen) atoms. The van der Waals surface area contributed by atoms with E-state index in [2.05, 4.69) is 33.2 Å². The lowest BCUT2D eigenvalue weighted by Crippen LogP contribution is -2.44. The maximum Gasteiger partial charge on any atom is 0.163 e. The number of benzene rings is 2. The number of anilines is 2. The Labute approximate surface area is 205 Å². The topological polar surface area (TPSA) is 73.6 Å². The predicted octanol–water partition coefficient (Wildman–Crippen LogP) is 4.84. The van der Waals surface area contributed by atoms with Crippen LogP contribution in [0.25, 0.3) is 10.9 Å². The Morgan fingerprint density at radius 1 is 1.15 bits per heavy atom. The first-order valence-corrected chi connectivity index (χ1v) is 11.8. The number of aryl methyl sites for hydroxylation is 1. The van der Waals surface area contributed by atoms with Gasteiger partial charge in [0.25, 0.3) is 0 Å². The predicted molar refractivity (Wildman–Crippen MR) is 137 cm³/mol. The van der Waals surface area contributed by atoms with Crippen LogP contribution >= 0.6 is 11.6 Å². The minimum Gasteiger partial charge on any atom is -0.493 e. The zero-order chi connectivity index (χ0) is 24.1. The van der Waals surface area contributed by atoms with Gasteiger partial charge >= 0.3 is 0 Å². The minimum absolute atomic E-state index is 0.423. The van der Waals surface area contributed by atoms with E-state index >= 15 is 0 Å². The molecule has 1 saturated heterocycles. The number of hydrogen-bond acceptors (Lipinski definition) is 7. The number of hydrogen-bond donors (Lipinski definition) is 1. The monoisotopic (exact) mass is 479 g/mol. The number of likely N-dealkylation sites (N-methyl/N-ethyl adjacent to an activating group) is 1. The van der Waals surface area contributed by atoms with Crippen LogP contribution in [-0.4, -0.2) is 68.3 Å². The van der Waals surface area contributed by atoms with Gasteiger partial charge in [-0.3, -0.25) is 4.98 Å². The lowest BCUT2D eigenvalue weighted by Gasteiger charge is -2.32. The van der Waals surface area contributed by atoms with E-state index in [0.29, 0.717) is 39.9 Å². The van der Waals surface area contributed by atoms with Crippen LogP contribution < -0.4 is 14.8 Å². The number of nitrogens with one attached hydrogen (secondary N) is 1. The number of fused-ring (bicyclic) bond motifs is 1. The van der Waals surface area contributed by atoms with Gasteiger partial charge in [0.15, 0.2) is 11.5 Å². The summed E-state index contributed by atoms with van der Waals surface area (Å²) in [5, 5.41) is 14.4. The Balaban J connectivity index is 1.54. The molecule has 8 heteroatoms. The highest BCUT2D eigenvalue weighted by Gasteiger charge is 2.16. The van der Waals surface area contributed by atoms with Crippen molar-refractivity contribution in [2.75, 3.05) is 58.8 Å². The van der Waals surface area contributed by atoms with Gasteiger partial charge in [0.05, 0.1) is 41.2 Å². The van der Waals surface area contributed by atoms with Gasteiger partial charge < -0.3 is 24.6 Å². The van der Waals surface area contributed by atoms with Crippen LogP contribution in [0.15, 0.2) is 36.5 Å². The third kappa shape index (κ3) is 5.53. The van der Waals surface area contributed by atoms with Crippen molar-refractivity contribution in [2.24, 2.45) is 0 Å². The third-order valence-electron chi connectivity index (χ3n) is 6.13. The molecule has 4 rings (SSSR count). The number of rotatable bonds is 8. The molecule has 0 bridgehead atoms. The first-order chi connectivity index (χ1) is 16.5. The summed E-state index contributed by atoms with van der Waals surface area (Å²) in [7, 11) is 3.78. The maximum absolute atomic E-state index is 9.69. The number of aromatic nitrogens is 1. The van der Waals surface area contributed by atoms with E-state index in [4.69, 9.17) is 21.1 Å². The summed E-state index contributed by atoms with van der Waals surface area (Å²) in [6, 6.07) is 11.7. The molecule has 0 atom stereocenters. The number of ether oxygens (including phenoxy) is 2. The van der Waals surface area contributed by atoms with Gasteiger partial charge in [-0.2, -0.15) is 5.26 Å². The fourth-order valence-corrected chi connectivity index (χ4v) is 4.37.